The molecule has 0 radical (unpaired) electrons. The van der Waals surface area contributed by atoms with Gasteiger partial charge in [-0.1, -0.05) is 69.3 Å². The van der Waals surface area contributed by atoms with Crippen molar-refractivity contribution in [3.05, 3.63) is 59.7 Å². The van der Waals surface area contributed by atoms with E-state index >= 15 is 0 Å². The minimum Gasteiger partial charge on any atom is -0.378 e. The molecule has 0 saturated carbocycles. The van der Waals surface area contributed by atoms with Crippen LogP contribution in [0.4, 0.5) is 5.95 Å². The first kappa shape index (κ1) is 19.5. The number of nitrogens with zero attached hydrogens (tertiary/aromatic N) is 4. The van der Waals surface area contributed by atoms with Crippen molar-refractivity contribution < 1.29 is 4.74 Å². The van der Waals surface area contributed by atoms with E-state index in [1.54, 1.807) is 0 Å². The third kappa shape index (κ3) is 4.30. The van der Waals surface area contributed by atoms with Gasteiger partial charge in [0.2, 0.25) is 5.95 Å². The van der Waals surface area contributed by atoms with Crippen molar-refractivity contribution in [3.8, 4) is 22.5 Å². The van der Waals surface area contributed by atoms with Crippen LogP contribution < -0.4 is 4.90 Å². The van der Waals surface area contributed by atoms with Gasteiger partial charge >= 0.3 is 0 Å². The molecule has 0 bridgehead atoms. The number of anilines is 1. The summed E-state index contributed by atoms with van der Waals surface area (Å²) in [6, 6.07) is 17.2. The highest BCUT2D eigenvalue weighted by molar-refractivity contribution is 5.78. The SMILES string of the molecule is CCc1ccc(-c2nc(N3CCOCC3)nnc2-c2ccc(C(C)C)cc2)cc1. The Kier molecular flexibility index (Phi) is 5.86. The molecule has 0 N–H and O–H groups in total. The second-order valence-electron chi connectivity index (χ2n) is 7.74. The average Bonchev–Trinajstić information content (AvgIpc) is 2.79. The van der Waals surface area contributed by atoms with Crippen LogP contribution in [-0.2, 0) is 11.2 Å². The Morgan fingerprint density at radius 3 is 2.10 bits per heavy atom. The predicted molar refractivity (Wildman–Crippen MR) is 117 cm³/mol. The summed E-state index contributed by atoms with van der Waals surface area (Å²) >= 11 is 0. The van der Waals surface area contributed by atoms with Crippen LogP contribution in [0.1, 0.15) is 37.8 Å². The normalized spacial score (nSPS) is 14.4. The van der Waals surface area contributed by atoms with Crippen molar-refractivity contribution in [1.29, 1.82) is 0 Å². The van der Waals surface area contributed by atoms with Gasteiger partial charge in [0.1, 0.15) is 11.4 Å². The molecule has 3 aromatic rings. The fourth-order valence-corrected chi connectivity index (χ4v) is 3.53. The zero-order chi connectivity index (χ0) is 20.2. The molecule has 1 fully saturated rings. The quantitative estimate of drug-likeness (QED) is 0.632. The van der Waals surface area contributed by atoms with Gasteiger partial charge in [0, 0.05) is 24.2 Å². The smallest absolute Gasteiger partial charge is 0.246 e. The fourth-order valence-electron chi connectivity index (χ4n) is 3.53. The molecular weight excluding hydrogens is 360 g/mol. The van der Waals surface area contributed by atoms with E-state index in [2.05, 4.69) is 84.4 Å². The zero-order valence-electron chi connectivity index (χ0n) is 17.4. The molecule has 5 heteroatoms. The Labute approximate surface area is 172 Å². The molecule has 2 heterocycles. The van der Waals surface area contributed by atoms with Crippen LogP contribution in [0.25, 0.3) is 22.5 Å². The minimum absolute atomic E-state index is 0.498. The molecule has 1 aliphatic heterocycles. The standard InChI is InChI=1S/C24H28N4O/c1-4-18-5-7-20(8-6-18)22-23(21-11-9-19(10-12-21)17(2)3)26-27-24(25-22)28-13-15-29-16-14-28/h5-12,17H,4,13-16H2,1-3H3. The van der Waals surface area contributed by atoms with Gasteiger partial charge in [-0.05, 0) is 23.5 Å². The third-order valence-corrected chi connectivity index (χ3v) is 5.46. The first-order valence-electron chi connectivity index (χ1n) is 10.4. The van der Waals surface area contributed by atoms with Crippen LogP contribution in [0, 0.1) is 0 Å². The Hall–Kier alpha value is -2.79. The number of rotatable bonds is 5. The van der Waals surface area contributed by atoms with E-state index in [9.17, 15) is 0 Å². The van der Waals surface area contributed by atoms with Gasteiger partial charge in [0.25, 0.3) is 0 Å². The molecule has 150 valence electrons. The van der Waals surface area contributed by atoms with Gasteiger partial charge in [0.15, 0.2) is 0 Å². The van der Waals surface area contributed by atoms with Crippen molar-refractivity contribution in [2.45, 2.75) is 33.1 Å². The summed E-state index contributed by atoms with van der Waals surface area (Å²) in [5.74, 6) is 1.17. The van der Waals surface area contributed by atoms with E-state index in [1.165, 1.54) is 11.1 Å². The Morgan fingerprint density at radius 1 is 0.862 bits per heavy atom. The zero-order valence-corrected chi connectivity index (χ0v) is 17.4. The molecule has 0 amide bonds. The minimum atomic E-state index is 0.498. The molecule has 0 aliphatic carbocycles. The van der Waals surface area contributed by atoms with Crippen molar-refractivity contribution in [3.63, 3.8) is 0 Å². The monoisotopic (exact) mass is 388 g/mol. The lowest BCUT2D eigenvalue weighted by Gasteiger charge is -2.26. The highest BCUT2D eigenvalue weighted by atomic mass is 16.5. The third-order valence-electron chi connectivity index (χ3n) is 5.46. The number of aromatic nitrogens is 3. The lowest BCUT2D eigenvalue weighted by molar-refractivity contribution is 0.122. The van der Waals surface area contributed by atoms with Crippen LogP contribution in [0.2, 0.25) is 0 Å². The lowest BCUT2D eigenvalue weighted by Crippen LogP contribution is -2.37. The molecule has 0 spiro atoms. The maximum atomic E-state index is 5.47. The lowest BCUT2D eigenvalue weighted by atomic mass is 9.98. The Bertz CT molecular complexity index is 946. The van der Waals surface area contributed by atoms with Crippen molar-refractivity contribution in [1.82, 2.24) is 15.2 Å². The number of ether oxygens (including phenoxy) is 1. The number of hydrogen-bond donors (Lipinski definition) is 0. The van der Waals surface area contributed by atoms with E-state index in [0.29, 0.717) is 25.1 Å². The van der Waals surface area contributed by atoms with E-state index < -0.39 is 0 Å². The second kappa shape index (κ2) is 8.70. The van der Waals surface area contributed by atoms with Gasteiger partial charge in [-0.25, -0.2) is 4.98 Å². The molecule has 5 nitrogen and oxygen atoms in total. The summed E-state index contributed by atoms with van der Waals surface area (Å²) in [5, 5.41) is 9.09. The molecular formula is C24H28N4O. The topological polar surface area (TPSA) is 51.1 Å². The second-order valence-corrected chi connectivity index (χ2v) is 7.74. The maximum Gasteiger partial charge on any atom is 0.246 e. The van der Waals surface area contributed by atoms with Crippen LogP contribution in [0.5, 0.6) is 0 Å². The summed E-state index contributed by atoms with van der Waals surface area (Å²) in [6.07, 6.45) is 1.02. The summed E-state index contributed by atoms with van der Waals surface area (Å²) in [5.41, 5.74) is 6.43. The van der Waals surface area contributed by atoms with Gasteiger partial charge < -0.3 is 9.64 Å². The van der Waals surface area contributed by atoms with Gasteiger partial charge in [-0.2, -0.15) is 0 Å². The van der Waals surface area contributed by atoms with E-state index in [1.807, 2.05) is 0 Å². The number of morpholine rings is 1. The maximum absolute atomic E-state index is 5.47. The number of hydrogen-bond acceptors (Lipinski definition) is 5. The van der Waals surface area contributed by atoms with Crippen LogP contribution in [0.3, 0.4) is 0 Å². The van der Waals surface area contributed by atoms with Crippen molar-refractivity contribution >= 4 is 5.95 Å². The molecule has 1 aromatic heterocycles. The molecule has 0 atom stereocenters. The molecule has 0 unspecified atom stereocenters. The Balaban J connectivity index is 1.78. The molecule has 4 rings (SSSR count). The average molecular weight is 389 g/mol. The van der Waals surface area contributed by atoms with Crippen molar-refractivity contribution in [2.24, 2.45) is 0 Å². The first-order chi connectivity index (χ1) is 14.2. The summed E-state index contributed by atoms with van der Waals surface area (Å²) < 4.78 is 5.47. The summed E-state index contributed by atoms with van der Waals surface area (Å²) in [7, 11) is 0. The Morgan fingerprint density at radius 2 is 1.48 bits per heavy atom. The first-order valence-corrected chi connectivity index (χ1v) is 10.4. The summed E-state index contributed by atoms with van der Waals surface area (Å²) in [4.78, 5) is 7.10. The highest BCUT2D eigenvalue weighted by Gasteiger charge is 2.19. The molecule has 29 heavy (non-hydrogen) atoms. The number of benzene rings is 2. The molecule has 1 saturated heterocycles. The highest BCUT2D eigenvalue weighted by Crippen LogP contribution is 2.31. The van der Waals surface area contributed by atoms with E-state index in [0.717, 1.165) is 42.0 Å². The van der Waals surface area contributed by atoms with Crippen LogP contribution >= 0.6 is 0 Å². The van der Waals surface area contributed by atoms with Gasteiger partial charge in [0.05, 0.1) is 13.2 Å². The largest absolute Gasteiger partial charge is 0.378 e. The fraction of sp³-hybridized carbons (Fsp3) is 0.375. The molecule has 2 aromatic carbocycles. The number of aryl methyl sites for hydroxylation is 1. The van der Waals surface area contributed by atoms with Crippen LogP contribution in [0.15, 0.2) is 48.5 Å². The van der Waals surface area contributed by atoms with E-state index in [4.69, 9.17) is 9.72 Å². The summed E-state index contributed by atoms with van der Waals surface area (Å²) in [6.45, 7) is 9.54. The van der Waals surface area contributed by atoms with Crippen molar-refractivity contribution in [2.75, 3.05) is 31.2 Å². The van der Waals surface area contributed by atoms with Crippen LogP contribution in [-0.4, -0.2) is 41.5 Å². The van der Waals surface area contributed by atoms with Gasteiger partial charge in [-0.3, -0.25) is 0 Å². The van der Waals surface area contributed by atoms with Gasteiger partial charge in [-0.15, -0.1) is 10.2 Å². The molecule has 1 aliphatic rings. The van der Waals surface area contributed by atoms with E-state index in [-0.39, 0.29) is 0 Å². The predicted octanol–water partition coefficient (Wildman–Crippen LogP) is 4.73.